The molecule has 0 bridgehead atoms. The van der Waals surface area contributed by atoms with Crippen LogP contribution in [0.1, 0.15) is 24.0 Å². The Kier molecular flexibility index (Phi) is 6.42. The van der Waals surface area contributed by atoms with Gasteiger partial charge in [0.25, 0.3) is 0 Å². The summed E-state index contributed by atoms with van der Waals surface area (Å²) in [6.45, 7) is 1.97. The van der Waals surface area contributed by atoms with E-state index in [1.54, 1.807) is 24.5 Å². The summed E-state index contributed by atoms with van der Waals surface area (Å²) in [5, 5.41) is 0. The van der Waals surface area contributed by atoms with Crippen molar-refractivity contribution < 1.29 is 13.9 Å². The molecule has 2 aromatic heterocycles. The fraction of sp³-hybridized carbons (Fsp3) is 0.296. The smallest absolute Gasteiger partial charge is 0.420 e. The summed E-state index contributed by atoms with van der Waals surface area (Å²) >= 11 is 0. The molecule has 5 rings (SSSR count). The molecule has 3 heterocycles. The molecule has 0 radical (unpaired) electrons. The Balaban J connectivity index is 1.11. The maximum Gasteiger partial charge on any atom is 0.420 e. The molecule has 174 valence electrons. The van der Waals surface area contributed by atoms with Crippen molar-refractivity contribution in [3.05, 3.63) is 94.7 Å². The number of fused-ring (bicyclic) bond motifs is 1. The van der Waals surface area contributed by atoms with Gasteiger partial charge < -0.3 is 14.1 Å². The largest absolute Gasteiger partial charge is 0.489 e. The zero-order chi connectivity index (χ0) is 23.3. The lowest BCUT2D eigenvalue weighted by Crippen LogP contribution is -2.41. The number of ether oxygens (including phenoxy) is 1. The number of benzene rings is 2. The van der Waals surface area contributed by atoms with Crippen LogP contribution in [0.25, 0.3) is 11.1 Å². The van der Waals surface area contributed by atoms with E-state index < -0.39 is 5.76 Å². The SMILES string of the molecule is O=C(Cn1c(=O)oc2ccccc21)N1CCC(Cc2ccc(COc3ccncc3)cc2)CC1. The number of oxazole rings is 1. The lowest BCUT2D eigenvalue weighted by molar-refractivity contribution is -0.133. The summed E-state index contributed by atoms with van der Waals surface area (Å²) < 4.78 is 12.4. The predicted octanol–water partition coefficient (Wildman–Crippen LogP) is 4.05. The van der Waals surface area contributed by atoms with Crippen LogP contribution in [0.5, 0.6) is 5.75 Å². The number of carbonyl (C=O) groups is 1. The van der Waals surface area contributed by atoms with Crippen molar-refractivity contribution in [1.82, 2.24) is 14.5 Å². The minimum Gasteiger partial charge on any atom is -0.489 e. The summed E-state index contributed by atoms with van der Waals surface area (Å²) in [6, 6.07) is 19.4. The molecule has 0 spiro atoms. The normalized spacial score (nSPS) is 14.4. The topological polar surface area (TPSA) is 77.6 Å². The Hall–Kier alpha value is -3.87. The van der Waals surface area contributed by atoms with Gasteiger partial charge in [0.15, 0.2) is 5.58 Å². The fourth-order valence-electron chi connectivity index (χ4n) is 4.49. The Morgan fingerprint density at radius 1 is 0.971 bits per heavy atom. The summed E-state index contributed by atoms with van der Waals surface area (Å²) in [5.41, 5.74) is 3.59. The minimum absolute atomic E-state index is 0.0174. The monoisotopic (exact) mass is 457 g/mol. The highest BCUT2D eigenvalue weighted by Gasteiger charge is 2.24. The number of rotatable bonds is 7. The van der Waals surface area contributed by atoms with Crippen molar-refractivity contribution >= 4 is 17.0 Å². The number of para-hydroxylation sites is 2. The van der Waals surface area contributed by atoms with Crippen LogP contribution in [0, 0.1) is 5.92 Å². The Morgan fingerprint density at radius 3 is 2.44 bits per heavy atom. The molecular formula is C27H27N3O4. The second kappa shape index (κ2) is 9.95. The van der Waals surface area contributed by atoms with Crippen LogP contribution in [0.2, 0.25) is 0 Å². The first kappa shape index (κ1) is 21.9. The molecule has 1 fully saturated rings. The number of hydrogen-bond acceptors (Lipinski definition) is 5. The van der Waals surface area contributed by atoms with Crippen LogP contribution in [-0.4, -0.2) is 33.4 Å². The molecule has 1 aliphatic rings. The number of carbonyl (C=O) groups excluding carboxylic acids is 1. The van der Waals surface area contributed by atoms with Gasteiger partial charge in [0.05, 0.1) is 5.52 Å². The van der Waals surface area contributed by atoms with Crippen molar-refractivity contribution in [2.45, 2.75) is 32.4 Å². The van der Waals surface area contributed by atoms with Gasteiger partial charge in [-0.1, -0.05) is 36.4 Å². The highest BCUT2D eigenvalue weighted by molar-refractivity contribution is 5.79. The van der Waals surface area contributed by atoms with Gasteiger partial charge in [-0.2, -0.15) is 0 Å². The van der Waals surface area contributed by atoms with Crippen LogP contribution in [-0.2, 0) is 24.4 Å². The number of piperidine rings is 1. The summed E-state index contributed by atoms with van der Waals surface area (Å²) in [4.78, 5) is 30.9. The number of amides is 1. The number of likely N-dealkylation sites (tertiary alicyclic amines) is 1. The third-order valence-corrected chi connectivity index (χ3v) is 6.44. The van der Waals surface area contributed by atoms with Crippen LogP contribution in [0.15, 0.2) is 82.3 Å². The number of aromatic nitrogens is 2. The van der Waals surface area contributed by atoms with Crippen molar-refractivity contribution in [2.75, 3.05) is 13.1 Å². The van der Waals surface area contributed by atoms with E-state index in [1.807, 2.05) is 29.2 Å². The maximum atomic E-state index is 12.8. The van der Waals surface area contributed by atoms with Crippen LogP contribution < -0.4 is 10.5 Å². The number of hydrogen-bond donors (Lipinski definition) is 0. The standard InChI is InChI=1S/C27H27N3O4/c31-26(18-30-24-3-1-2-4-25(24)34-27(30)32)29-15-11-21(12-16-29)17-20-5-7-22(8-6-20)19-33-23-9-13-28-14-10-23/h1-10,13-14,21H,11-12,15-19H2. The van der Waals surface area contributed by atoms with Gasteiger partial charge in [-0.25, -0.2) is 4.79 Å². The number of nitrogens with zero attached hydrogens (tertiary/aromatic N) is 3. The van der Waals surface area contributed by atoms with E-state index in [1.165, 1.54) is 10.1 Å². The molecular weight excluding hydrogens is 430 g/mol. The average Bonchev–Trinajstić information content (AvgIpc) is 3.19. The van der Waals surface area contributed by atoms with E-state index in [9.17, 15) is 9.59 Å². The first-order valence-electron chi connectivity index (χ1n) is 11.6. The molecule has 1 amide bonds. The van der Waals surface area contributed by atoms with Gasteiger partial charge in [0.2, 0.25) is 5.91 Å². The second-order valence-corrected chi connectivity index (χ2v) is 8.74. The summed E-state index contributed by atoms with van der Waals surface area (Å²) in [7, 11) is 0. The van der Waals surface area contributed by atoms with E-state index in [0.717, 1.165) is 30.6 Å². The Bertz CT molecular complexity index is 1300. The molecule has 4 aromatic rings. The maximum absolute atomic E-state index is 12.8. The molecule has 0 N–H and O–H groups in total. The molecule has 0 unspecified atom stereocenters. The molecule has 0 atom stereocenters. The third-order valence-electron chi connectivity index (χ3n) is 6.44. The zero-order valence-corrected chi connectivity index (χ0v) is 18.9. The Labute approximate surface area is 197 Å². The van der Waals surface area contributed by atoms with Crippen molar-refractivity contribution in [2.24, 2.45) is 5.92 Å². The van der Waals surface area contributed by atoms with E-state index >= 15 is 0 Å². The lowest BCUT2D eigenvalue weighted by atomic mass is 9.90. The second-order valence-electron chi connectivity index (χ2n) is 8.74. The van der Waals surface area contributed by atoms with Gasteiger partial charge in [-0.15, -0.1) is 0 Å². The Morgan fingerprint density at radius 2 is 1.68 bits per heavy atom. The molecule has 1 saturated heterocycles. The van der Waals surface area contributed by atoms with Crippen molar-refractivity contribution in [3.63, 3.8) is 0 Å². The van der Waals surface area contributed by atoms with E-state index in [2.05, 4.69) is 29.2 Å². The predicted molar refractivity (Wildman–Crippen MR) is 128 cm³/mol. The first-order valence-corrected chi connectivity index (χ1v) is 11.6. The van der Waals surface area contributed by atoms with E-state index in [0.29, 0.717) is 36.7 Å². The molecule has 0 saturated carbocycles. The van der Waals surface area contributed by atoms with Gasteiger partial charge in [-0.05, 0) is 60.6 Å². The van der Waals surface area contributed by atoms with Crippen LogP contribution in [0.3, 0.4) is 0 Å². The molecule has 0 aliphatic carbocycles. The van der Waals surface area contributed by atoms with Crippen LogP contribution in [0.4, 0.5) is 0 Å². The molecule has 1 aliphatic heterocycles. The minimum atomic E-state index is -0.487. The van der Waals surface area contributed by atoms with Crippen LogP contribution >= 0.6 is 0 Å². The first-order chi connectivity index (χ1) is 16.7. The molecule has 2 aromatic carbocycles. The molecule has 7 nitrogen and oxygen atoms in total. The fourth-order valence-corrected chi connectivity index (χ4v) is 4.49. The molecule has 7 heteroatoms. The number of pyridine rings is 1. The quantitative estimate of drug-likeness (QED) is 0.418. The van der Waals surface area contributed by atoms with Gasteiger partial charge >= 0.3 is 5.76 Å². The third kappa shape index (κ3) is 5.03. The van der Waals surface area contributed by atoms with E-state index in [4.69, 9.17) is 9.15 Å². The van der Waals surface area contributed by atoms with E-state index in [-0.39, 0.29) is 12.5 Å². The van der Waals surface area contributed by atoms with Gasteiger partial charge in [0.1, 0.15) is 18.9 Å². The highest BCUT2D eigenvalue weighted by Crippen LogP contribution is 2.23. The molecule has 34 heavy (non-hydrogen) atoms. The highest BCUT2D eigenvalue weighted by atomic mass is 16.5. The average molecular weight is 458 g/mol. The summed E-state index contributed by atoms with van der Waals surface area (Å²) in [6.07, 6.45) is 6.35. The summed E-state index contributed by atoms with van der Waals surface area (Å²) in [5.74, 6) is 0.830. The van der Waals surface area contributed by atoms with Gasteiger partial charge in [-0.3, -0.25) is 14.3 Å². The zero-order valence-electron chi connectivity index (χ0n) is 18.9. The lowest BCUT2D eigenvalue weighted by Gasteiger charge is -2.32. The van der Waals surface area contributed by atoms with Crippen molar-refractivity contribution in [1.29, 1.82) is 0 Å². The van der Waals surface area contributed by atoms with Crippen molar-refractivity contribution in [3.8, 4) is 5.75 Å². The van der Waals surface area contributed by atoms with Gasteiger partial charge in [0, 0.05) is 25.5 Å².